The standard InChI is InChI=1S/C31H34F2N8OS/c1-3-25-30(37(2)31-36-29(26(18-34)43-31)21-4-6-22(32)7-5-21)41-19-24(8-9-27(41)35-25)39-16-14-38(15-17-39)20-28(42)40-12-10-23(33)11-13-40/h4-9,19,23H,3,10-17,20H2,1-2H3/i33-1. The Balaban J connectivity index is 1.20. The summed E-state index contributed by atoms with van der Waals surface area (Å²) in [5, 5.41) is 10.5. The predicted octanol–water partition coefficient (Wildman–Crippen LogP) is 4.88. The second-order valence-corrected chi connectivity index (χ2v) is 12.0. The van der Waals surface area contributed by atoms with Gasteiger partial charge in [0.1, 0.15) is 40.1 Å². The van der Waals surface area contributed by atoms with Crippen LogP contribution < -0.4 is 9.80 Å². The summed E-state index contributed by atoms with van der Waals surface area (Å²) in [4.78, 5) is 31.1. The van der Waals surface area contributed by atoms with Gasteiger partial charge in [-0.1, -0.05) is 18.3 Å². The molecule has 0 N–H and O–H groups in total. The number of hydrogen-bond donors (Lipinski definition) is 0. The number of imidazole rings is 1. The van der Waals surface area contributed by atoms with E-state index in [1.54, 1.807) is 17.0 Å². The number of nitriles is 1. The number of rotatable bonds is 7. The minimum atomic E-state index is -0.787. The molecule has 12 heteroatoms. The maximum atomic E-state index is 13.5. The zero-order chi connectivity index (χ0) is 30.1. The number of benzene rings is 1. The molecule has 0 radical (unpaired) electrons. The fourth-order valence-electron chi connectivity index (χ4n) is 5.82. The van der Waals surface area contributed by atoms with Crippen LogP contribution in [0.15, 0.2) is 42.6 Å². The Morgan fingerprint density at radius 3 is 2.47 bits per heavy atom. The Kier molecular flexibility index (Phi) is 8.27. The van der Waals surface area contributed by atoms with Crippen LogP contribution in [0.4, 0.5) is 25.4 Å². The van der Waals surface area contributed by atoms with E-state index in [2.05, 4.69) is 39.5 Å². The molecule has 1 aromatic carbocycles. The zero-order valence-electron chi connectivity index (χ0n) is 24.3. The quantitative estimate of drug-likeness (QED) is 0.298. The summed E-state index contributed by atoms with van der Waals surface area (Å²) < 4.78 is 29.1. The van der Waals surface area contributed by atoms with E-state index >= 15 is 0 Å². The number of piperidine rings is 1. The zero-order valence-corrected chi connectivity index (χ0v) is 25.2. The smallest absolute Gasteiger partial charge is 0.236 e. The molecule has 2 aliphatic heterocycles. The summed E-state index contributed by atoms with van der Waals surface area (Å²) in [6.07, 6.45) is 2.89. The number of aromatic nitrogens is 3. The van der Waals surface area contributed by atoms with Crippen molar-refractivity contribution >= 4 is 39.5 Å². The number of aryl methyl sites for hydroxylation is 1. The number of amides is 1. The largest absolute Gasteiger partial charge is 0.368 e. The van der Waals surface area contributed by atoms with Crippen molar-refractivity contribution in [1.29, 1.82) is 5.26 Å². The average molecular weight is 604 g/mol. The Labute approximate surface area is 253 Å². The lowest BCUT2D eigenvalue weighted by molar-refractivity contribution is -0.134. The molecule has 4 aromatic rings. The van der Waals surface area contributed by atoms with Gasteiger partial charge in [-0.2, -0.15) is 5.26 Å². The van der Waals surface area contributed by atoms with Crippen molar-refractivity contribution < 1.29 is 13.6 Å². The summed E-state index contributed by atoms with van der Waals surface area (Å²) in [5.41, 5.74) is 4.01. The summed E-state index contributed by atoms with van der Waals surface area (Å²) in [6.45, 7) is 6.55. The van der Waals surface area contributed by atoms with E-state index in [9.17, 15) is 18.8 Å². The second kappa shape index (κ2) is 12.3. The Hall–Kier alpha value is -4.08. The van der Waals surface area contributed by atoms with Gasteiger partial charge in [0.2, 0.25) is 5.91 Å². The van der Waals surface area contributed by atoms with E-state index in [1.165, 1.54) is 23.5 Å². The third kappa shape index (κ3) is 5.92. The van der Waals surface area contributed by atoms with Gasteiger partial charge in [0.05, 0.1) is 17.9 Å². The monoisotopic (exact) mass is 603 g/mol. The van der Waals surface area contributed by atoms with Gasteiger partial charge in [0.25, 0.3) is 0 Å². The highest BCUT2D eigenvalue weighted by atomic mass is 32.1. The van der Waals surface area contributed by atoms with Crippen molar-refractivity contribution in [3.63, 3.8) is 0 Å². The fraction of sp³-hybridized carbons (Fsp3) is 0.419. The number of halogens is 2. The number of hydrogen-bond acceptors (Lipinski definition) is 8. The maximum Gasteiger partial charge on any atom is 0.236 e. The molecule has 2 saturated heterocycles. The van der Waals surface area contributed by atoms with Crippen LogP contribution in [0.1, 0.15) is 30.3 Å². The molecule has 0 bridgehead atoms. The number of piperazine rings is 1. The summed E-state index contributed by atoms with van der Waals surface area (Å²) in [5.74, 6) is 0.627. The first-order chi connectivity index (χ1) is 20.8. The molecule has 5 heterocycles. The van der Waals surface area contributed by atoms with Crippen molar-refractivity contribution in [2.24, 2.45) is 0 Å². The number of fused-ring (bicyclic) bond motifs is 1. The van der Waals surface area contributed by atoms with Crippen LogP contribution in [0.25, 0.3) is 16.9 Å². The molecule has 9 nitrogen and oxygen atoms in total. The summed E-state index contributed by atoms with van der Waals surface area (Å²) >= 11 is 1.29. The molecule has 1 amide bonds. The van der Waals surface area contributed by atoms with E-state index in [1.807, 2.05) is 18.0 Å². The van der Waals surface area contributed by atoms with E-state index in [4.69, 9.17) is 9.97 Å². The number of pyridine rings is 1. The third-order valence-electron chi connectivity index (χ3n) is 8.30. The van der Waals surface area contributed by atoms with Gasteiger partial charge in [0.15, 0.2) is 5.13 Å². The lowest BCUT2D eigenvalue weighted by atomic mass is 10.1. The topological polar surface area (TPSA) is 84.0 Å². The number of carbonyl (C=O) groups is 1. The third-order valence-corrected chi connectivity index (χ3v) is 9.33. The lowest BCUT2D eigenvalue weighted by Crippen LogP contribution is -2.51. The van der Waals surface area contributed by atoms with Crippen LogP contribution in [0.2, 0.25) is 0 Å². The van der Waals surface area contributed by atoms with Crippen LogP contribution >= 0.6 is 11.3 Å². The Morgan fingerprint density at radius 1 is 1.07 bits per heavy atom. The number of alkyl halides is 1. The molecule has 43 heavy (non-hydrogen) atoms. The molecule has 3 aromatic heterocycles. The molecule has 0 unspecified atom stereocenters. The highest BCUT2D eigenvalue weighted by Crippen LogP contribution is 2.37. The first-order valence-electron chi connectivity index (χ1n) is 14.6. The number of anilines is 3. The van der Waals surface area contributed by atoms with Crippen molar-refractivity contribution in [3.8, 4) is 17.3 Å². The van der Waals surface area contributed by atoms with Crippen LogP contribution in [0.5, 0.6) is 0 Å². The minimum absolute atomic E-state index is 0.0873. The molecule has 224 valence electrons. The molecule has 2 fully saturated rings. The molecule has 0 atom stereocenters. The minimum Gasteiger partial charge on any atom is -0.368 e. The molecule has 2 aliphatic rings. The summed E-state index contributed by atoms with van der Waals surface area (Å²) in [7, 11) is 1.93. The van der Waals surface area contributed by atoms with Crippen LogP contribution in [0.3, 0.4) is 0 Å². The van der Waals surface area contributed by atoms with Gasteiger partial charge >= 0.3 is 0 Å². The average Bonchev–Trinajstić information content (AvgIpc) is 3.63. The second-order valence-electron chi connectivity index (χ2n) is 11.0. The van der Waals surface area contributed by atoms with Gasteiger partial charge in [-0.05, 0) is 55.7 Å². The SMILES string of the molecule is CCc1nc2ccc(N3CCN(CC(=O)N4CCC([18F])CC4)CC3)cn2c1N(C)c1nc(-c2ccc(F)cc2)c(C#N)s1. The molecule has 6 rings (SSSR count). The van der Waals surface area contributed by atoms with E-state index in [0.29, 0.717) is 60.2 Å². The van der Waals surface area contributed by atoms with Gasteiger partial charge in [-0.25, -0.2) is 18.7 Å². The number of carbonyl (C=O) groups excluding carboxylic acids is 1. The van der Waals surface area contributed by atoms with Crippen molar-refractivity contribution in [3.05, 3.63) is 59.0 Å². The Morgan fingerprint density at radius 2 is 1.79 bits per heavy atom. The van der Waals surface area contributed by atoms with Crippen LogP contribution in [-0.4, -0.2) is 89.1 Å². The van der Waals surface area contributed by atoms with E-state index in [0.717, 1.165) is 49.0 Å². The lowest BCUT2D eigenvalue weighted by Gasteiger charge is -2.37. The number of nitrogens with zero attached hydrogens (tertiary/aromatic N) is 8. The van der Waals surface area contributed by atoms with Gasteiger partial charge in [-0.3, -0.25) is 14.1 Å². The Bertz CT molecular complexity index is 1650. The van der Waals surface area contributed by atoms with Crippen molar-refractivity contribution in [1.82, 2.24) is 24.2 Å². The molecular formula is C31H34F2N8OS. The van der Waals surface area contributed by atoms with Crippen molar-refractivity contribution in [2.45, 2.75) is 32.4 Å². The van der Waals surface area contributed by atoms with E-state index < -0.39 is 6.17 Å². The first kappa shape index (κ1) is 29.0. The molecule has 0 spiro atoms. The highest BCUT2D eigenvalue weighted by Gasteiger charge is 2.27. The number of thiazole rings is 1. The van der Waals surface area contributed by atoms with Gasteiger partial charge < -0.3 is 14.7 Å². The molecule has 0 saturated carbocycles. The number of likely N-dealkylation sites (tertiary alicyclic amines) is 1. The van der Waals surface area contributed by atoms with Crippen molar-refractivity contribution in [2.75, 3.05) is 62.7 Å². The summed E-state index contributed by atoms with van der Waals surface area (Å²) in [6, 6.07) is 12.4. The highest BCUT2D eigenvalue weighted by molar-refractivity contribution is 7.16. The van der Waals surface area contributed by atoms with Gasteiger partial charge in [0, 0.05) is 58.1 Å². The fourth-order valence-corrected chi connectivity index (χ4v) is 6.67. The first-order valence-corrected chi connectivity index (χ1v) is 15.5. The van der Waals surface area contributed by atoms with Crippen LogP contribution in [0, 0.1) is 17.1 Å². The molecule has 0 aliphatic carbocycles. The maximum absolute atomic E-state index is 13.5. The normalized spacial score (nSPS) is 16.5. The van der Waals surface area contributed by atoms with Crippen LogP contribution in [-0.2, 0) is 11.2 Å². The van der Waals surface area contributed by atoms with E-state index in [-0.39, 0.29) is 11.7 Å². The predicted molar refractivity (Wildman–Crippen MR) is 164 cm³/mol. The molecular weight excluding hydrogens is 569 g/mol. The van der Waals surface area contributed by atoms with Gasteiger partial charge in [-0.15, -0.1) is 0 Å².